The number of carboxylic acid groups (broad SMARTS) is 1. The number of carbonyl (C=O) groups is 1. The molecule has 0 spiro atoms. The van der Waals surface area contributed by atoms with Crippen LogP contribution in [0.2, 0.25) is 0 Å². The van der Waals surface area contributed by atoms with Gasteiger partial charge in [-0.15, -0.1) is 0 Å². The minimum absolute atomic E-state index is 0.288. The summed E-state index contributed by atoms with van der Waals surface area (Å²) >= 11 is 0. The first-order chi connectivity index (χ1) is 14.7. The third-order valence-corrected chi connectivity index (χ3v) is 13.4. The van der Waals surface area contributed by atoms with Gasteiger partial charge in [0.15, 0.2) is 0 Å². The molecular weight excluding hydrogens is 392 g/mol. The normalized spacial score (nSPS) is 53.8. The van der Waals surface area contributed by atoms with Crippen molar-refractivity contribution in [2.75, 3.05) is 0 Å². The van der Waals surface area contributed by atoms with Gasteiger partial charge in [-0.1, -0.05) is 54.9 Å². The van der Waals surface area contributed by atoms with Crippen LogP contribution in [0.1, 0.15) is 126 Å². The SMILES string of the molecule is CC1(C)CCC2(C(=O)O)CCC3(C)C(CCC4C5(C)CCCC(C)(C)C5CCC43C)C2C1. The summed E-state index contributed by atoms with van der Waals surface area (Å²) in [7, 11) is 0. The number of carboxylic acids is 1. The van der Waals surface area contributed by atoms with Gasteiger partial charge in [-0.2, -0.15) is 0 Å². The zero-order valence-electron chi connectivity index (χ0n) is 22.2. The van der Waals surface area contributed by atoms with Crippen LogP contribution in [0, 0.1) is 56.2 Å². The quantitative estimate of drug-likeness (QED) is 0.443. The maximum atomic E-state index is 12.8. The highest BCUT2D eigenvalue weighted by Gasteiger charge is 2.70. The van der Waals surface area contributed by atoms with E-state index in [2.05, 4.69) is 48.5 Å². The first kappa shape index (κ1) is 23.2. The van der Waals surface area contributed by atoms with Gasteiger partial charge in [0.25, 0.3) is 0 Å². The van der Waals surface area contributed by atoms with E-state index in [0.29, 0.717) is 33.5 Å². The maximum absolute atomic E-state index is 12.8. The number of hydrogen-bond acceptors (Lipinski definition) is 1. The highest BCUT2D eigenvalue weighted by atomic mass is 16.4. The molecule has 5 saturated carbocycles. The summed E-state index contributed by atoms with van der Waals surface area (Å²) in [5.74, 6) is 2.15. The van der Waals surface area contributed by atoms with E-state index in [1.165, 1.54) is 44.9 Å². The smallest absolute Gasteiger partial charge is 0.309 e. The first-order valence-electron chi connectivity index (χ1n) is 14.0. The molecule has 0 saturated heterocycles. The Morgan fingerprint density at radius 1 is 0.688 bits per heavy atom. The number of fused-ring (bicyclic) bond motifs is 7. The molecule has 5 fully saturated rings. The highest BCUT2D eigenvalue weighted by Crippen LogP contribution is 2.77. The Morgan fingerprint density at radius 2 is 1.38 bits per heavy atom. The molecule has 8 atom stereocenters. The Hall–Kier alpha value is -0.530. The largest absolute Gasteiger partial charge is 0.481 e. The van der Waals surface area contributed by atoms with Crippen LogP contribution in [0.25, 0.3) is 0 Å². The Bertz CT molecular complexity index is 797. The Balaban J connectivity index is 1.55. The maximum Gasteiger partial charge on any atom is 0.309 e. The molecule has 0 bridgehead atoms. The van der Waals surface area contributed by atoms with Gasteiger partial charge >= 0.3 is 5.97 Å². The van der Waals surface area contributed by atoms with Gasteiger partial charge in [0, 0.05) is 0 Å². The lowest BCUT2D eigenvalue weighted by Crippen LogP contribution is -2.66. The fourth-order valence-electron chi connectivity index (χ4n) is 11.5. The van der Waals surface area contributed by atoms with Gasteiger partial charge in [-0.05, 0) is 121 Å². The average Bonchev–Trinajstić information content (AvgIpc) is 2.67. The lowest BCUT2D eigenvalue weighted by atomic mass is 9.31. The predicted molar refractivity (Wildman–Crippen MR) is 131 cm³/mol. The van der Waals surface area contributed by atoms with Crippen molar-refractivity contribution in [3.8, 4) is 0 Å². The Morgan fingerprint density at radius 3 is 2.06 bits per heavy atom. The number of hydrogen-bond donors (Lipinski definition) is 1. The molecule has 0 aromatic heterocycles. The van der Waals surface area contributed by atoms with Crippen LogP contribution in [0.15, 0.2) is 0 Å². The zero-order valence-corrected chi connectivity index (χ0v) is 22.2. The van der Waals surface area contributed by atoms with Crippen LogP contribution in [-0.2, 0) is 4.79 Å². The molecule has 32 heavy (non-hydrogen) atoms. The van der Waals surface area contributed by atoms with Gasteiger partial charge < -0.3 is 5.11 Å². The van der Waals surface area contributed by atoms with E-state index >= 15 is 0 Å². The van der Waals surface area contributed by atoms with Crippen LogP contribution >= 0.6 is 0 Å². The minimum Gasteiger partial charge on any atom is -0.481 e. The van der Waals surface area contributed by atoms with Gasteiger partial charge in [-0.3, -0.25) is 4.79 Å². The van der Waals surface area contributed by atoms with Gasteiger partial charge in [-0.25, -0.2) is 0 Å². The summed E-state index contributed by atoms with van der Waals surface area (Å²) in [5, 5.41) is 10.5. The summed E-state index contributed by atoms with van der Waals surface area (Å²) in [5.41, 5.74) is 1.44. The molecule has 0 aromatic carbocycles. The molecule has 1 N–H and O–H groups in total. The van der Waals surface area contributed by atoms with E-state index in [1.54, 1.807) is 0 Å². The summed E-state index contributed by atoms with van der Waals surface area (Å²) in [6.07, 6.45) is 14.7. The van der Waals surface area contributed by atoms with Crippen LogP contribution in [-0.4, -0.2) is 11.1 Å². The first-order valence-corrected chi connectivity index (χ1v) is 14.0. The second-order valence-corrected chi connectivity index (χ2v) is 15.4. The fourth-order valence-corrected chi connectivity index (χ4v) is 11.5. The van der Waals surface area contributed by atoms with Crippen molar-refractivity contribution in [1.82, 2.24) is 0 Å². The van der Waals surface area contributed by atoms with Crippen molar-refractivity contribution in [3.63, 3.8) is 0 Å². The molecule has 0 aliphatic heterocycles. The summed E-state index contributed by atoms with van der Waals surface area (Å²) in [4.78, 5) is 12.8. The molecule has 182 valence electrons. The molecule has 5 aliphatic carbocycles. The second-order valence-electron chi connectivity index (χ2n) is 15.4. The van der Waals surface area contributed by atoms with Crippen molar-refractivity contribution in [3.05, 3.63) is 0 Å². The standard InChI is InChI=1S/C30H50O2/c1-25(2)15-17-30(24(31)32)18-16-28(6)20(21(30)19-25)9-10-23-27(5)13-8-12-26(3,4)22(27)11-14-29(23,28)7/h20-23H,8-19H2,1-7H3,(H,31,32). The van der Waals surface area contributed by atoms with Crippen molar-refractivity contribution < 1.29 is 9.90 Å². The molecule has 8 unspecified atom stereocenters. The summed E-state index contributed by atoms with van der Waals surface area (Å²) in [6, 6.07) is 0. The van der Waals surface area contributed by atoms with Crippen molar-refractivity contribution >= 4 is 5.97 Å². The third kappa shape index (κ3) is 2.79. The number of aliphatic carboxylic acids is 1. The third-order valence-electron chi connectivity index (χ3n) is 13.4. The molecule has 2 heteroatoms. The Kier molecular flexibility index (Phi) is 4.92. The summed E-state index contributed by atoms with van der Waals surface area (Å²) in [6.45, 7) is 17.9. The van der Waals surface area contributed by atoms with Gasteiger partial charge in [0.05, 0.1) is 5.41 Å². The van der Waals surface area contributed by atoms with Crippen molar-refractivity contribution in [2.24, 2.45) is 56.2 Å². The van der Waals surface area contributed by atoms with Crippen molar-refractivity contribution in [1.29, 1.82) is 0 Å². The highest BCUT2D eigenvalue weighted by molar-refractivity contribution is 5.75. The molecule has 0 amide bonds. The van der Waals surface area contributed by atoms with E-state index in [9.17, 15) is 9.90 Å². The number of rotatable bonds is 1. The topological polar surface area (TPSA) is 37.3 Å². The lowest BCUT2D eigenvalue weighted by Gasteiger charge is -2.73. The molecule has 0 heterocycles. The minimum atomic E-state index is -0.475. The molecule has 2 nitrogen and oxygen atoms in total. The summed E-state index contributed by atoms with van der Waals surface area (Å²) < 4.78 is 0. The molecule has 5 rings (SSSR count). The molecule has 5 aliphatic rings. The fraction of sp³-hybridized carbons (Fsp3) is 0.967. The monoisotopic (exact) mass is 442 g/mol. The van der Waals surface area contributed by atoms with Gasteiger partial charge in [0.2, 0.25) is 0 Å². The van der Waals surface area contributed by atoms with Crippen LogP contribution in [0.5, 0.6) is 0 Å². The Labute approximate surface area is 197 Å². The van der Waals surface area contributed by atoms with E-state index < -0.39 is 11.4 Å². The van der Waals surface area contributed by atoms with Crippen LogP contribution in [0.4, 0.5) is 0 Å². The van der Waals surface area contributed by atoms with Crippen molar-refractivity contribution in [2.45, 2.75) is 126 Å². The predicted octanol–water partition coefficient (Wildman–Crippen LogP) is 8.34. The molecule has 0 aromatic rings. The molecular formula is C30H50O2. The van der Waals surface area contributed by atoms with E-state index in [1.807, 2.05) is 0 Å². The van der Waals surface area contributed by atoms with E-state index in [-0.39, 0.29) is 5.41 Å². The lowest BCUT2D eigenvalue weighted by molar-refractivity contribution is -0.246. The van der Waals surface area contributed by atoms with E-state index in [0.717, 1.165) is 43.9 Å². The zero-order chi connectivity index (χ0) is 23.4. The van der Waals surface area contributed by atoms with Crippen LogP contribution < -0.4 is 0 Å². The molecule has 0 radical (unpaired) electrons. The average molecular weight is 443 g/mol. The van der Waals surface area contributed by atoms with Crippen LogP contribution in [0.3, 0.4) is 0 Å². The van der Waals surface area contributed by atoms with E-state index in [4.69, 9.17) is 0 Å². The second kappa shape index (κ2) is 6.78. The van der Waals surface area contributed by atoms with Gasteiger partial charge in [0.1, 0.15) is 0 Å².